The van der Waals surface area contributed by atoms with Crippen LogP contribution in [-0.2, 0) is 21.0 Å². The summed E-state index contributed by atoms with van der Waals surface area (Å²) in [6.45, 7) is 6.40. The molecule has 0 aromatic heterocycles. The molecule has 0 fully saturated rings. The van der Waals surface area contributed by atoms with E-state index in [0.717, 1.165) is 11.1 Å². The van der Waals surface area contributed by atoms with E-state index in [1.165, 1.54) is 0 Å². The van der Waals surface area contributed by atoms with Gasteiger partial charge in [0.25, 0.3) is 0 Å². The molecule has 1 heterocycles. The highest BCUT2D eigenvalue weighted by Gasteiger charge is 2.33. The molecule has 1 unspecified atom stereocenters. The van der Waals surface area contributed by atoms with Gasteiger partial charge in [0.2, 0.25) is 0 Å². The molecule has 4 heteroatoms. The van der Waals surface area contributed by atoms with Gasteiger partial charge in [0, 0.05) is 11.1 Å². The van der Waals surface area contributed by atoms with Crippen molar-refractivity contribution in [3.05, 3.63) is 47.0 Å². The molecule has 0 spiro atoms. The Morgan fingerprint density at radius 1 is 1.33 bits per heavy atom. The van der Waals surface area contributed by atoms with E-state index in [1.54, 1.807) is 6.21 Å². The van der Waals surface area contributed by atoms with Gasteiger partial charge in [-0.2, -0.15) is 0 Å². The van der Waals surface area contributed by atoms with Crippen LogP contribution in [0, 0.1) is 5.92 Å². The van der Waals surface area contributed by atoms with Crippen molar-refractivity contribution in [2.45, 2.75) is 39.9 Å². The second kappa shape index (κ2) is 7.07. The first-order chi connectivity index (χ1) is 10.1. The zero-order valence-electron chi connectivity index (χ0n) is 12.7. The van der Waals surface area contributed by atoms with Crippen molar-refractivity contribution in [2.24, 2.45) is 11.1 Å². The van der Waals surface area contributed by atoms with E-state index in [-0.39, 0.29) is 18.0 Å². The van der Waals surface area contributed by atoms with Crippen LogP contribution >= 0.6 is 0 Å². The van der Waals surface area contributed by atoms with Crippen LogP contribution in [0.25, 0.3) is 0 Å². The number of carbonyl (C=O) groups is 1. The number of cyclic esters (lactones) is 1. The maximum absolute atomic E-state index is 11.8. The average molecular weight is 287 g/mol. The van der Waals surface area contributed by atoms with Gasteiger partial charge in [0.05, 0.1) is 6.21 Å². The summed E-state index contributed by atoms with van der Waals surface area (Å²) in [6, 6.07) is 9.83. The Hall–Kier alpha value is -2.10. The predicted molar refractivity (Wildman–Crippen MR) is 81.8 cm³/mol. The molecule has 1 aliphatic rings. The summed E-state index contributed by atoms with van der Waals surface area (Å²) < 4.78 is 5.39. The van der Waals surface area contributed by atoms with Crippen LogP contribution in [0.1, 0.15) is 32.8 Å². The molecule has 0 saturated carbocycles. The quantitative estimate of drug-likeness (QED) is 0.457. The Labute approximate surface area is 125 Å². The number of esters is 1. The van der Waals surface area contributed by atoms with Crippen LogP contribution < -0.4 is 0 Å². The molecule has 1 atom stereocenters. The van der Waals surface area contributed by atoms with E-state index in [2.05, 4.69) is 5.16 Å². The first kappa shape index (κ1) is 15.3. The third-order valence-corrected chi connectivity index (χ3v) is 3.43. The molecule has 1 aliphatic heterocycles. The van der Waals surface area contributed by atoms with Gasteiger partial charge in [-0.3, -0.25) is 0 Å². The van der Waals surface area contributed by atoms with Gasteiger partial charge in [0.15, 0.2) is 0 Å². The second-order valence-corrected chi connectivity index (χ2v) is 5.35. The number of nitrogens with zero attached hydrogens (tertiary/aromatic N) is 1. The third kappa shape index (κ3) is 3.72. The van der Waals surface area contributed by atoms with Crippen molar-refractivity contribution in [3.8, 4) is 0 Å². The Balaban J connectivity index is 2.03. The molecule has 0 N–H and O–H groups in total. The van der Waals surface area contributed by atoms with Crippen LogP contribution in [-0.4, -0.2) is 18.3 Å². The molecule has 21 heavy (non-hydrogen) atoms. The largest absolute Gasteiger partial charge is 0.454 e. The maximum Gasteiger partial charge on any atom is 0.335 e. The summed E-state index contributed by atoms with van der Waals surface area (Å²) in [5.74, 6) is -0.0192. The smallest absolute Gasteiger partial charge is 0.335 e. The predicted octanol–water partition coefficient (Wildman–Crippen LogP) is 3.48. The fourth-order valence-corrected chi connectivity index (χ4v) is 2.31. The van der Waals surface area contributed by atoms with E-state index in [0.29, 0.717) is 18.6 Å². The Kier molecular flexibility index (Phi) is 5.14. The number of benzene rings is 1. The zero-order chi connectivity index (χ0) is 15.2. The van der Waals surface area contributed by atoms with E-state index in [4.69, 9.17) is 9.57 Å². The minimum atomic E-state index is -0.235. The standard InChI is InChI=1S/C17H21NO3/c1-4-14-15(16(12(2)3)21-17(14)19)10-18-20-11-13-8-6-5-7-9-13/h5-10,12,16H,4,11H2,1-3H3/b18-10+. The number of ether oxygens (including phenoxy) is 1. The highest BCUT2D eigenvalue weighted by molar-refractivity contribution is 6.00. The van der Waals surface area contributed by atoms with Crippen LogP contribution in [0.4, 0.5) is 0 Å². The lowest BCUT2D eigenvalue weighted by Crippen LogP contribution is -2.19. The third-order valence-electron chi connectivity index (χ3n) is 3.43. The van der Waals surface area contributed by atoms with E-state index in [1.807, 2.05) is 51.1 Å². The lowest BCUT2D eigenvalue weighted by molar-refractivity contribution is -0.141. The minimum absolute atomic E-state index is 0.216. The summed E-state index contributed by atoms with van der Waals surface area (Å²) in [5.41, 5.74) is 2.59. The molecule has 0 radical (unpaired) electrons. The number of oxime groups is 1. The first-order valence-electron chi connectivity index (χ1n) is 7.26. The van der Waals surface area contributed by atoms with Crippen LogP contribution in [0.3, 0.4) is 0 Å². The highest BCUT2D eigenvalue weighted by atomic mass is 16.6. The molecule has 0 amide bonds. The summed E-state index contributed by atoms with van der Waals surface area (Å²) in [4.78, 5) is 17.1. The maximum atomic E-state index is 11.8. The van der Waals surface area contributed by atoms with Crippen LogP contribution in [0.15, 0.2) is 46.6 Å². The fourth-order valence-electron chi connectivity index (χ4n) is 2.31. The molecular formula is C17H21NO3. The Morgan fingerprint density at radius 3 is 2.67 bits per heavy atom. The van der Waals surface area contributed by atoms with Crippen molar-refractivity contribution >= 4 is 12.2 Å². The van der Waals surface area contributed by atoms with Crippen molar-refractivity contribution in [2.75, 3.05) is 0 Å². The summed E-state index contributed by atoms with van der Waals surface area (Å²) >= 11 is 0. The molecular weight excluding hydrogens is 266 g/mol. The van der Waals surface area contributed by atoms with E-state index in [9.17, 15) is 4.79 Å². The molecule has 2 rings (SSSR count). The van der Waals surface area contributed by atoms with Gasteiger partial charge in [-0.1, -0.05) is 56.3 Å². The molecule has 0 aliphatic carbocycles. The Bertz CT molecular complexity index is 546. The van der Waals surface area contributed by atoms with Gasteiger partial charge >= 0.3 is 5.97 Å². The van der Waals surface area contributed by atoms with Crippen LogP contribution in [0.5, 0.6) is 0 Å². The van der Waals surface area contributed by atoms with Crippen molar-refractivity contribution in [1.29, 1.82) is 0 Å². The summed E-state index contributed by atoms with van der Waals surface area (Å²) in [6.07, 6.45) is 2.04. The van der Waals surface area contributed by atoms with E-state index < -0.39 is 0 Å². The zero-order valence-corrected chi connectivity index (χ0v) is 12.7. The monoisotopic (exact) mass is 287 g/mol. The van der Waals surface area contributed by atoms with Crippen molar-refractivity contribution < 1.29 is 14.4 Å². The van der Waals surface area contributed by atoms with Crippen molar-refractivity contribution in [1.82, 2.24) is 0 Å². The van der Waals surface area contributed by atoms with Gasteiger partial charge in [-0.15, -0.1) is 0 Å². The average Bonchev–Trinajstić information content (AvgIpc) is 2.81. The lowest BCUT2D eigenvalue weighted by atomic mass is 9.97. The molecule has 0 bridgehead atoms. The van der Waals surface area contributed by atoms with Gasteiger partial charge < -0.3 is 9.57 Å². The topological polar surface area (TPSA) is 47.9 Å². The van der Waals surface area contributed by atoms with Gasteiger partial charge in [-0.05, 0) is 17.9 Å². The normalized spacial score (nSPS) is 18.7. The molecule has 1 aromatic carbocycles. The van der Waals surface area contributed by atoms with Crippen LogP contribution in [0.2, 0.25) is 0 Å². The second-order valence-electron chi connectivity index (χ2n) is 5.35. The molecule has 112 valence electrons. The lowest BCUT2D eigenvalue weighted by Gasteiger charge is -2.15. The number of rotatable bonds is 6. The number of carbonyl (C=O) groups excluding carboxylic acids is 1. The summed E-state index contributed by atoms with van der Waals surface area (Å²) in [5, 5.41) is 4.00. The molecule has 4 nitrogen and oxygen atoms in total. The Morgan fingerprint density at radius 2 is 2.05 bits per heavy atom. The molecule has 0 saturated heterocycles. The number of hydrogen-bond acceptors (Lipinski definition) is 4. The van der Waals surface area contributed by atoms with Gasteiger partial charge in [-0.25, -0.2) is 4.79 Å². The minimum Gasteiger partial charge on any atom is -0.454 e. The van der Waals surface area contributed by atoms with E-state index >= 15 is 0 Å². The number of hydrogen-bond donors (Lipinski definition) is 0. The highest BCUT2D eigenvalue weighted by Crippen LogP contribution is 2.28. The molecule has 1 aromatic rings. The van der Waals surface area contributed by atoms with Crippen molar-refractivity contribution in [3.63, 3.8) is 0 Å². The first-order valence-corrected chi connectivity index (χ1v) is 7.26. The fraction of sp³-hybridized carbons (Fsp3) is 0.412. The van der Waals surface area contributed by atoms with Gasteiger partial charge in [0.1, 0.15) is 12.7 Å². The summed E-state index contributed by atoms with van der Waals surface area (Å²) in [7, 11) is 0. The SMILES string of the molecule is CCC1=C(/C=N/OCc2ccccc2)C(C(C)C)OC1=O.